The predicted octanol–water partition coefficient (Wildman–Crippen LogP) is 2.87. The van der Waals surface area contributed by atoms with E-state index in [0.717, 1.165) is 18.2 Å². The van der Waals surface area contributed by atoms with Gasteiger partial charge in [-0.05, 0) is 35.4 Å². The van der Waals surface area contributed by atoms with Crippen LogP contribution in [0, 0.1) is 11.6 Å². The predicted molar refractivity (Wildman–Crippen MR) is 60.4 cm³/mol. The van der Waals surface area contributed by atoms with Gasteiger partial charge in [0.05, 0.1) is 5.57 Å². The molecule has 0 aliphatic heterocycles. The summed E-state index contributed by atoms with van der Waals surface area (Å²) in [5.74, 6) is -2.68. The molecule has 0 aromatic heterocycles. The monoisotopic (exact) mass is 256 g/mol. The first kappa shape index (κ1) is 13.3. The first-order chi connectivity index (χ1) is 7.91. The van der Waals surface area contributed by atoms with Crippen molar-refractivity contribution in [3.05, 3.63) is 53.6 Å². The molecule has 88 valence electrons. The maximum atomic E-state index is 12.8. The van der Waals surface area contributed by atoms with E-state index in [1.165, 1.54) is 12.1 Å². The molecule has 1 aromatic rings. The molecule has 0 saturated carbocycles. The minimum absolute atomic E-state index is 0.284. The molecule has 1 rings (SSSR count). The second-order valence-corrected chi connectivity index (χ2v) is 3.47. The summed E-state index contributed by atoms with van der Waals surface area (Å²) in [5, 5.41) is -0.954. The van der Waals surface area contributed by atoms with Crippen molar-refractivity contribution in [2.24, 2.45) is 0 Å². The van der Waals surface area contributed by atoms with Gasteiger partial charge >= 0.3 is 0 Å². The molecule has 0 aliphatic carbocycles. The molecule has 5 heteroatoms. The minimum Gasteiger partial charge on any atom is -0.289 e. The van der Waals surface area contributed by atoms with E-state index >= 15 is 0 Å². The summed E-state index contributed by atoms with van der Waals surface area (Å²) in [7, 11) is 0. The van der Waals surface area contributed by atoms with Crippen LogP contribution in [0.3, 0.4) is 0 Å². The maximum absolute atomic E-state index is 12.8. The quantitative estimate of drug-likeness (QED) is 0.359. The van der Waals surface area contributed by atoms with Gasteiger partial charge in [-0.25, -0.2) is 8.78 Å². The number of hydrogen-bond donors (Lipinski definition) is 0. The highest BCUT2D eigenvalue weighted by atomic mass is 35.5. The van der Waals surface area contributed by atoms with Gasteiger partial charge in [0.15, 0.2) is 17.4 Å². The van der Waals surface area contributed by atoms with Crippen molar-refractivity contribution in [1.82, 2.24) is 0 Å². The SMILES string of the molecule is C=C(C(=O)Cl)C(=O)/C=C/c1ccc(F)c(F)c1. The lowest BCUT2D eigenvalue weighted by atomic mass is 10.1. The van der Waals surface area contributed by atoms with Crippen LogP contribution in [0.15, 0.2) is 36.4 Å². The molecular formula is C12H7ClF2O2. The Bertz CT molecular complexity index is 521. The van der Waals surface area contributed by atoms with E-state index in [-0.39, 0.29) is 11.1 Å². The van der Waals surface area contributed by atoms with Gasteiger partial charge in [-0.1, -0.05) is 18.7 Å². The van der Waals surface area contributed by atoms with E-state index in [4.69, 9.17) is 11.6 Å². The first-order valence-corrected chi connectivity index (χ1v) is 4.86. The molecule has 0 radical (unpaired) electrons. The number of ketones is 1. The standard InChI is InChI=1S/C12H7ClF2O2/c1-7(12(13)17)11(16)5-3-8-2-4-9(14)10(15)6-8/h2-6H,1H2/b5-3+. The smallest absolute Gasteiger partial charge is 0.255 e. The number of carbonyl (C=O) groups excluding carboxylic acids is 2. The van der Waals surface area contributed by atoms with Gasteiger partial charge in [-0.3, -0.25) is 9.59 Å². The van der Waals surface area contributed by atoms with Crippen LogP contribution in [0.1, 0.15) is 5.56 Å². The van der Waals surface area contributed by atoms with Gasteiger partial charge in [0.2, 0.25) is 0 Å². The van der Waals surface area contributed by atoms with Gasteiger partial charge < -0.3 is 0 Å². The molecule has 0 unspecified atom stereocenters. The third-order valence-corrected chi connectivity index (χ3v) is 2.13. The highest BCUT2D eigenvalue weighted by Crippen LogP contribution is 2.10. The molecule has 17 heavy (non-hydrogen) atoms. The lowest BCUT2D eigenvalue weighted by Crippen LogP contribution is -2.03. The second kappa shape index (κ2) is 5.50. The molecule has 0 N–H and O–H groups in total. The van der Waals surface area contributed by atoms with Crippen LogP contribution < -0.4 is 0 Å². The highest BCUT2D eigenvalue weighted by molar-refractivity contribution is 6.70. The van der Waals surface area contributed by atoms with Crippen molar-refractivity contribution >= 4 is 28.7 Å². The van der Waals surface area contributed by atoms with E-state index < -0.39 is 22.7 Å². The van der Waals surface area contributed by atoms with E-state index in [1.807, 2.05) is 0 Å². The lowest BCUT2D eigenvalue weighted by molar-refractivity contribution is -0.115. The largest absolute Gasteiger partial charge is 0.289 e. The van der Waals surface area contributed by atoms with Gasteiger partial charge in [-0.2, -0.15) is 0 Å². The van der Waals surface area contributed by atoms with Crippen LogP contribution in [0.2, 0.25) is 0 Å². The van der Waals surface area contributed by atoms with Crippen molar-refractivity contribution in [2.75, 3.05) is 0 Å². The Labute approximate surface area is 101 Å². The molecule has 0 aliphatic rings. The normalized spacial score (nSPS) is 10.5. The Hall–Kier alpha value is -1.81. The van der Waals surface area contributed by atoms with Crippen molar-refractivity contribution < 1.29 is 18.4 Å². The van der Waals surface area contributed by atoms with E-state index in [0.29, 0.717) is 0 Å². The Balaban J connectivity index is 2.84. The summed E-state index contributed by atoms with van der Waals surface area (Å²) >= 11 is 5.05. The van der Waals surface area contributed by atoms with Crippen molar-refractivity contribution in [3.63, 3.8) is 0 Å². The summed E-state index contributed by atoms with van der Waals surface area (Å²) in [6.07, 6.45) is 2.24. The first-order valence-electron chi connectivity index (χ1n) is 4.48. The number of rotatable bonds is 4. The number of allylic oxidation sites excluding steroid dienone is 2. The van der Waals surface area contributed by atoms with Gasteiger partial charge in [0.25, 0.3) is 5.24 Å². The zero-order chi connectivity index (χ0) is 13.0. The Morgan fingerprint density at radius 3 is 2.41 bits per heavy atom. The average molecular weight is 257 g/mol. The van der Waals surface area contributed by atoms with Crippen molar-refractivity contribution in [1.29, 1.82) is 0 Å². The number of hydrogen-bond acceptors (Lipinski definition) is 2. The van der Waals surface area contributed by atoms with Gasteiger partial charge in [0, 0.05) is 0 Å². The molecular weight excluding hydrogens is 250 g/mol. The summed E-state index contributed by atoms with van der Waals surface area (Å²) in [4.78, 5) is 21.8. The third kappa shape index (κ3) is 3.60. The van der Waals surface area contributed by atoms with Crippen LogP contribution in [-0.4, -0.2) is 11.0 Å². The summed E-state index contributed by atoms with van der Waals surface area (Å²) in [6.45, 7) is 3.18. The van der Waals surface area contributed by atoms with Gasteiger partial charge in [0.1, 0.15) is 0 Å². The minimum atomic E-state index is -1.02. The zero-order valence-corrected chi connectivity index (χ0v) is 9.30. The second-order valence-electron chi connectivity index (χ2n) is 3.12. The molecule has 0 heterocycles. The fourth-order valence-electron chi connectivity index (χ4n) is 0.985. The molecule has 2 nitrogen and oxygen atoms in total. The Morgan fingerprint density at radius 2 is 1.88 bits per heavy atom. The molecule has 0 saturated heterocycles. The molecule has 0 amide bonds. The van der Waals surface area contributed by atoms with E-state index in [1.54, 1.807) is 0 Å². The number of benzene rings is 1. The highest BCUT2D eigenvalue weighted by Gasteiger charge is 2.09. The topological polar surface area (TPSA) is 34.1 Å². The zero-order valence-electron chi connectivity index (χ0n) is 8.54. The molecule has 0 spiro atoms. The molecule has 1 aromatic carbocycles. The van der Waals surface area contributed by atoms with E-state index in [9.17, 15) is 18.4 Å². The van der Waals surface area contributed by atoms with Crippen LogP contribution in [-0.2, 0) is 9.59 Å². The van der Waals surface area contributed by atoms with Crippen molar-refractivity contribution in [2.45, 2.75) is 0 Å². The lowest BCUT2D eigenvalue weighted by Gasteiger charge is -1.96. The maximum Gasteiger partial charge on any atom is 0.255 e. The molecule has 0 fully saturated rings. The van der Waals surface area contributed by atoms with Gasteiger partial charge in [-0.15, -0.1) is 0 Å². The Morgan fingerprint density at radius 1 is 1.24 bits per heavy atom. The molecule has 0 bridgehead atoms. The van der Waals surface area contributed by atoms with Crippen LogP contribution in [0.25, 0.3) is 6.08 Å². The van der Waals surface area contributed by atoms with Crippen LogP contribution in [0.5, 0.6) is 0 Å². The molecule has 0 atom stereocenters. The Kier molecular flexibility index (Phi) is 4.29. The third-order valence-electron chi connectivity index (χ3n) is 1.91. The summed E-state index contributed by atoms with van der Waals surface area (Å²) in [6, 6.07) is 3.14. The van der Waals surface area contributed by atoms with Crippen molar-refractivity contribution in [3.8, 4) is 0 Å². The van der Waals surface area contributed by atoms with Crippen LogP contribution >= 0.6 is 11.6 Å². The van der Waals surface area contributed by atoms with Crippen LogP contribution in [0.4, 0.5) is 8.78 Å². The fraction of sp³-hybridized carbons (Fsp3) is 0. The number of carbonyl (C=O) groups is 2. The summed E-state index contributed by atoms with van der Waals surface area (Å²) < 4.78 is 25.4. The fourth-order valence-corrected chi connectivity index (χ4v) is 1.08. The summed E-state index contributed by atoms with van der Waals surface area (Å²) in [5.41, 5.74) is -0.0995. The number of halogens is 3. The van der Waals surface area contributed by atoms with E-state index in [2.05, 4.69) is 6.58 Å². The average Bonchev–Trinajstić information content (AvgIpc) is 2.29.